The number of nitrogens with zero attached hydrogens (tertiary/aromatic N) is 3. The summed E-state index contributed by atoms with van der Waals surface area (Å²) in [6.45, 7) is 2.14. The number of amides is 1. The Morgan fingerprint density at radius 1 is 1.25 bits per heavy atom. The molecule has 0 aliphatic carbocycles. The maximum Gasteiger partial charge on any atom is 0.265 e. The molecular formula is C22H26N4OS. The zero-order valence-corrected chi connectivity index (χ0v) is 17.2. The number of carbonyl (C=O) groups is 1. The second-order valence-electron chi connectivity index (χ2n) is 7.56. The molecule has 1 atom stereocenters. The third-order valence-corrected chi connectivity index (χ3v) is 6.55. The molecule has 0 spiro atoms. The molecule has 1 amide bonds. The molecule has 5 nitrogen and oxygen atoms in total. The summed E-state index contributed by atoms with van der Waals surface area (Å²) in [4.78, 5) is 22.8. The molecule has 3 heterocycles. The van der Waals surface area contributed by atoms with Crippen molar-refractivity contribution in [2.45, 2.75) is 25.3 Å². The molecule has 0 unspecified atom stereocenters. The number of carbonyl (C=O) groups excluding carboxylic acids is 1. The topological polar surface area (TPSA) is 62.5 Å². The molecule has 1 aromatic carbocycles. The van der Waals surface area contributed by atoms with E-state index < -0.39 is 0 Å². The first-order valence-electron chi connectivity index (χ1n) is 9.73. The van der Waals surface area contributed by atoms with Crippen LogP contribution in [-0.2, 0) is 6.42 Å². The Labute approximate surface area is 169 Å². The highest BCUT2D eigenvalue weighted by molar-refractivity contribution is 7.21. The number of rotatable bonds is 5. The summed E-state index contributed by atoms with van der Waals surface area (Å²) < 4.78 is 0. The lowest BCUT2D eigenvalue weighted by Crippen LogP contribution is -2.26. The van der Waals surface area contributed by atoms with Gasteiger partial charge < -0.3 is 10.6 Å². The van der Waals surface area contributed by atoms with Crippen LogP contribution in [0.2, 0.25) is 0 Å². The van der Waals surface area contributed by atoms with Gasteiger partial charge >= 0.3 is 0 Å². The predicted molar refractivity (Wildman–Crippen MR) is 116 cm³/mol. The Bertz CT molecular complexity index is 983. The molecule has 2 N–H and O–H groups in total. The molecule has 0 radical (unpaired) electrons. The number of aromatic nitrogens is 1. The minimum absolute atomic E-state index is 0.0626. The zero-order chi connectivity index (χ0) is 19.7. The van der Waals surface area contributed by atoms with E-state index in [1.165, 1.54) is 23.3 Å². The monoisotopic (exact) mass is 394 g/mol. The number of thiophene rings is 1. The van der Waals surface area contributed by atoms with Crippen molar-refractivity contribution >= 4 is 33.1 Å². The highest BCUT2D eigenvalue weighted by Gasteiger charge is 2.27. The van der Waals surface area contributed by atoms with Gasteiger partial charge in [-0.25, -0.2) is 4.98 Å². The van der Waals surface area contributed by atoms with E-state index in [0.717, 1.165) is 41.8 Å². The average Bonchev–Trinajstić information content (AvgIpc) is 3.30. The van der Waals surface area contributed by atoms with Crippen molar-refractivity contribution in [1.29, 1.82) is 0 Å². The Morgan fingerprint density at radius 2 is 2.04 bits per heavy atom. The number of fused-ring (bicyclic) bond motifs is 1. The van der Waals surface area contributed by atoms with Crippen LogP contribution in [0, 0.1) is 0 Å². The maximum absolute atomic E-state index is 12.4. The molecule has 6 heteroatoms. The molecule has 0 bridgehead atoms. The molecule has 1 saturated heterocycles. The molecule has 1 aliphatic rings. The first kappa shape index (κ1) is 18.9. The average molecular weight is 395 g/mol. The number of likely N-dealkylation sites (tertiary alicyclic amines) is 1. The van der Waals surface area contributed by atoms with E-state index in [4.69, 9.17) is 10.7 Å². The second kappa shape index (κ2) is 7.89. The number of hydrogen-bond donors (Lipinski definition) is 1. The van der Waals surface area contributed by atoms with Crippen molar-refractivity contribution in [3.8, 4) is 0 Å². The van der Waals surface area contributed by atoms with E-state index in [9.17, 15) is 4.79 Å². The molecule has 3 aromatic rings. The number of benzene rings is 1. The quantitative estimate of drug-likeness (QED) is 0.711. The lowest BCUT2D eigenvalue weighted by Gasteiger charge is -2.24. The molecule has 0 saturated carbocycles. The van der Waals surface area contributed by atoms with E-state index in [-0.39, 0.29) is 5.91 Å². The SMILES string of the molecule is CN(C)C(=O)c1sc2nc([C@H]3CCCN3CCc3ccccc3)ccc2c1N. The van der Waals surface area contributed by atoms with Crippen LogP contribution >= 0.6 is 11.3 Å². The fraction of sp³-hybridized carbons (Fsp3) is 0.364. The standard InChI is InChI=1S/C22H26N4OS/c1-25(2)22(27)20-19(23)16-10-11-17(24-21(16)28-20)18-9-6-13-26(18)14-12-15-7-4-3-5-8-15/h3-5,7-8,10-11,18H,6,9,12-14,23H2,1-2H3/t18-/m1/s1. The molecule has 146 valence electrons. The van der Waals surface area contributed by atoms with Crippen LogP contribution in [0.3, 0.4) is 0 Å². The van der Waals surface area contributed by atoms with E-state index >= 15 is 0 Å². The van der Waals surface area contributed by atoms with Gasteiger partial charge in [-0.05, 0) is 43.5 Å². The number of pyridine rings is 1. The van der Waals surface area contributed by atoms with Gasteiger partial charge in [-0.15, -0.1) is 11.3 Å². The summed E-state index contributed by atoms with van der Waals surface area (Å²) in [7, 11) is 3.49. The van der Waals surface area contributed by atoms with Crippen LogP contribution < -0.4 is 5.73 Å². The fourth-order valence-electron chi connectivity index (χ4n) is 3.91. The smallest absolute Gasteiger partial charge is 0.265 e. The highest BCUT2D eigenvalue weighted by atomic mass is 32.1. The molecule has 4 rings (SSSR count). The molecular weight excluding hydrogens is 368 g/mol. The van der Waals surface area contributed by atoms with Crippen LogP contribution in [0.15, 0.2) is 42.5 Å². The van der Waals surface area contributed by atoms with Gasteiger partial charge in [0.25, 0.3) is 5.91 Å². The van der Waals surface area contributed by atoms with Gasteiger partial charge in [0, 0.05) is 26.0 Å². The maximum atomic E-state index is 12.4. The fourth-order valence-corrected chi connectivity index (χ4v) is 5.03. The van der Waals surface area contributed by atoms with Crippen LogP contribution in [-0.4, -0.2) is 47.9 Å². The van der Waals surface area contributed by atoms with Gasteiger partial charge in [-0.2, -0.15) is 0 Å². The van der Waals surface area contributed by atoms with Crippen LogP contribution in [0.5, 0.6) is 0 Å². The summed E-state index contributed by atoms with van der Waals surface area (Å²) in [5.74, 6) is -0.0626. The predicted octanol–water partition coefficient (Wildman–Crippen LogP) is 3.96. The third-order valence-electron chi connectivity index (χ3n) is 5.45. The molecule has 1 aliphatic heterocycles. The summed E-state index contributed by atoms with van der Waals surface area (Å²) in [6.07, 6.45) is 3.36. The largest absolute Gasteiger partial charge is 0.397 e. The summed E-state index contributed by atoms with van der Waals surface area (Å²) in [5.41, 5.74) is 9.24. The van der Waals surface area contributed by atoms with Crippen molar-refractivity contribution in [2.75, 3.05) is 32.9 Å². The Balaban J connectivity index is 1.56. The summed E-state index contributed by atoms with van der Waals surface area (Å²) in [5, 5.41) is 0.882. The van der Waals surface area contributed by atoms with Gasteiger partial charge in [0.1, 0.15) is 9.71 Å². The van der Waals surface area contributed by atoms with Crippen LogP contribution in [0.1, 0.15) is 39.8 Å². The normalized spacial score (nSPS) is 17.3. The van der Waals surface area contributed by atoms with Gasteiger partial charge in [0.05, 0.1) is 17.4 Å². The van der Waals surface area contributed by atoms with E-state index in [1.807, 2.05) is 6.07 Å². The van der Waals surface area contributed by atoms with Crippen molar-refractivity contribution in [1.82, 2.24) is 14.8 Å². The van der Waals surface area contributed by atoms with Crippen molar-refractivity contribution in [2.24, 2.45) is 0 Å². The van der Waals surface area contributed by atoms with E-state index in [1.54, 1.807) is 19.0 Å². The van der Waals surface area contributed by atoms with E-state index in [0.29, 0.717) is 16.6 Å². The zero-order valence-electron chi connectivity index (χ0n) is 16.4. The first-order valence-corrected chi connectivity index (χ1v) is 10.5. The van der Waals surface area contributed by atoms with Gasteiger partial charge in [-0.1, -0.05) is 30.3 Å². The molecule has 1 fully saturated rings. The summed E-state index contributed by atoms with van der Waals surface area (Å²) in [6, 6.07) is 15.1. The van der Waals surface area contributed by atoms with Crippen molar-refractivity contribution < 1.29 is 4.79 Å². The number of nitrogen functional groups attached to an aromatic ring is 1. The number of nitrogens with two attached hydrogens (primary N) is 1. The van der Waals surface area contributed by atoms with Crippen molar-refractivity contribution in [3.05, 3.63) is 58.6 Å². The lowest BCUT2D eigenvalue weighted by molar-refractivity contribution is 0.0833. The minimum atomic E-state index is -0.0626. The van der Waals surface area contributed by atoms with E-state index in [2.05, 4.69) is 41.3 Å². The highest BCUT2D eigenvalue weighted by Crippen LogP contribution is 2.37. The first-order chi connectivity index (χ1) is 13.5. The minimum Gasteiger partial charge on any atom is -0.397 e. The Hall–Kier alpha value is -2.44. The summed E-state index contributed by atoms with van der Waals surface area (Å²) >= 11 is 1.40. The number of hydrogen-bond acceptors (Lipinski definition) is 5. The Kier molecular flexibility index (Phi) is 5.33. The second-order valence-corrected chi connectivity index (χ2v) is 8.56. The lowest BCUT2D eigenvalue weighted by atomic mass is 10.1. The Morgan fingerprint density at radius 3 is 2.79 bits per heavy atom. The molecule has 2 aromatic heterocycles. The van der Waals surface area contributed by atoms with Gasteiger partial charge in [-0.3, -0.25) is 9.69 Å². The third kappa shape index (κ3) is 3.62. The van der Waals surface area contributed by atoms with Crippen molar-refractivity contribution in [3.63, 3.8) is 0 Å². The van der Waals surface area contributed by atoms with Crippen LogP contribution in [0.25, 0.3) is 10.2 Å². The van der Waals surface area contributed by atoms with Crippen LogP contribution in [0.4, 0.5) is 5.69 Å². The molecule has 28 heavy (non-hydrogen) atoms. The number of anilines is 1. The van der Waals surface area contributed by atoms with Gasteiger partial charge in [0.2, 0.25) is 0 Å². The van der Waals surface area contributed by atoms with Gasteiger partial charge in [0.15, 0.2) is 0 Å².